The molecule has 5 nitrogen and oxygen atoms in total. The van der Waals surface area contributed by atoms with Gasteiger partial charge in [-0.1, -0.05) is 54.1 Å². The van der Waals surface area contributed by atoms with Crippen LogP contribution in [0.4, 0.5) is 0 Å². The van der Waals surface area contributed by atoms with E-state index in [2.05, 4.69) is 15.8 Å². The summed E-state index contributed by atoms with van der Waals surface area (Å²) < 4.78 is 0. The van der Waals surface area contributed by atoms with Crippen LogP contribution in [0.5, 0.6) is 0 Å². The number of hydrogen-bond acceptors (Lipinski definition) is 3. The number of hydrazone groups is 1. The maximum Gasteiger partial charge on any atom is 0.329 e. The third-order valence-corrected chi connectivity index (χ3v) is 3.36. The molecule has 2 rings (SSSR count). The van der Waals surface area contributed by atoms with Gasteiger partial charge in [-0.05, 0) is 30.2 Å². The van der Waals surface area contributed by atoms with E-state index in [0.29, 0.717) is 5.02 Å². The first-order valence-electron chi connectivity index (χ1n) is 7.00. The van der Waals surface area contributed by atoms with Gasteiger partial charge in [-0.3, -0.25) is 9.59 Å². The van der Waals surface area contributed by atoms with E-state index >= 15 is 0 Å². The van der Waals surface area contributed by atoms with Crippen molar-refractivity contribution >= 4 is 29.6 Å². The normalized spacial score (nSPS) is 11.9. The summed E-state index contributed by atoms with van der Waals surface area (Å²) in [6, 6.07) is 16.0. The van der Waals surface area contributed by atoms with Crippen LogP contribution in [0.3, 0.4) is 0 Å². The van der Waals surface area contributed by atoms with Crippen molar-refractivity contribution in [3.63, 3.8) is 0 Å². The smallest absolute Gasteiger partial charge is 0.329 e. The second-order valence-electron chi connectivity index (χ2n) is 4.86. The highest BCUT2D eigenvalue weighted by Crippen LogP contribution is 2.10. The minimum absolute atomic E-state index is 0.269. The van der Waals surface area contributed by atoms with Crippen molar-refractivity contribution in [1.82, 2.24) is 10.7 Å². The van der Waals surface area contributed by atoms with Crippen molar-refractivity contribution in [1.29, 1.82) is 0 Å². The minimum atomic E-state index is -0.821. The largest absolute Gasteiger partial charge is 0.341 e. The highest BCUT2D eigenvalue weighted by Gasteiger charge is 2.16. The number of carbonyl (C=O) groups is 2. The number of hydrogen-bond donors (Lipinski definition) is 2. The highest BCUT2D eigenvalue weighted by molar-refractivity contribution is 6.35. The van der Waals surface area contributed by atoms with Gasteiger partial charge in [0.25, 0.3) is 0 Å². The fourth-order valence-electron chi connectivity index (χ4n) is 1.85. The number of rotatable bonds is 4. The third-order valence-electron chi connectivity index (χ3n) is 3.10. The lowest BCUT2D eigenvalue weighted by Gasteiger charge is -2.13. The Balaban J connectivity index is 1.85. The van der Waals surface area contributed by atoms with Crippen LogP contribution >= 0.6 is 11.6 Å². The van der Waals surface area contributed by atoms with Gasteiger partial charge in [0.05, 0.1) is 12.3 Å². The van der Waals surface area contributed by atoms with Crippen LogP contribution in [0.25, 0.3) is 0 Å². The van der Waals surface area contributed by atoms with E-state index in [4.69, 9.17) is 11.6 Å². The molecule has 0 fully saturated rings. The van der Waals surface area contributed by atoms with Crippen molar-refractivity contribution in [2.75, 3.05) is 0 Å². The van der Waals surface area contributed by atoms with Gasteiger partial charge in [0, 0.05) is 5.02 Å². The van der Waals surface area contributed by atoms with Gasteiger partial charge in [-0.2, -0.15) is 5.10 Å². The monoisotopic (exact) mass is 329 g/mol. The maximum atomic E-state index is 11.8. The highest BCUT2D eigenvalue weighted by atomic mass is 35.5. The molecule has 1 atom stereocenters. The number of carbonyl (C=O) groups excluding carboxylic acids is 2. The number of benzene rings is 2. The summed E-state index contributed by atoms with van der Waals surface area (Å²) in [7, 11) is 0. The molecule has 2 aromatic carbocycles. The zero-order chi connectivity index (χ0) is 16.7. The molecule has 0 saturated heterocycles. The summed E-state index contributed by atoms with van der Waals surface area (Å²) in [6.45, 7) is 1.80. The van der Waals surface area contributed by atoms with Gasteiger partial charge in [-0.15, -0.1) is 0 Å². The lowest BCUT2D eigenvalue weighted by atomic mass is 10.1. The Labute approximate surface area is 139 Å². The van der Waals surface area contributed by atoms with Crippen molar-refractivity contribution < 1.29 is 9.59 Å². The number of nitrogens with zero attached hydrogens (tertiary/aromatic N) is 1. The van der Waals surface area contributed by atoms with Gasteiger partial charge in [0.2, 0.25) is 0 Å². The average molecular weight is 330 g/mol. The molecular formula is C17H16ClN3O2. The summed E-state index contributed by atoms with van der Waals surface area (Å²) in [6.07, 6.45) is 1.43. The molecule has 0 aromatic heterocycles. The van der Waals surface area contributed by atoms with E-state index in [1.165, 1.54) is 6.21 Å². The van der Waals surface area contributed by atoms with Crippen LogP contribution < -0.4 is 10.7 Å². The van der Waals surface area contributed by atoms with E-state index in [-0.39, 0.29) is 6.04 Å². The van der Waals surface area contributed by atoms with Gasteiger partial charge < -0.3 is 5.32 Å². The fraction of sp³-hybridized carbons (Fsp3) is 0.118. The fourth-order valence-corrected chi connectivity index (χ4v) is 1.98. The molecule has 118 valence electrons. The summed E-state index contributed by atoms with van der Waals surface area (Å²) >= 11 is 5.77. The second kappa shape index (κ2) is 8.10. The quantitative estimate of drug-likeness (QED) is 0.514. The van der Waals surface area contributed by atoms with Crippen LogP contribution in [0.1, 0.15) is 24.1 Å². The minimum Gasteiger partial charge on any atom is -0.341 e. The molecule has 0 aliphatic heterocycles. The Morgan fingerprint density at radius 2 is 1.70 bits per heavy atom. The molecule has 2 N–H and O–H groups in total. The summed E-state index contributed by atoms with van der Waals surface area (Å²) in [5.41, 5.74) is 3.86. The Bertz CT molecular complexity index is 700. The maximum absolute atomic E-state index is 11.8. The number of halogens is 1. The van der Waals surface area contributed by atoms with E-state index < -0.39 is 11.8 Å². The molecule has 2 aromatic rings. The molecule has 6 heteroatoms. The Morgan fingerprint density at radius 1 is 1.04 bits per heavy atom. The van der Waals surface area contributed by atoms with Crippen molar-refractivity contribution in [3.8, 4) is 0 Å². The predicted octanol–water partition coefficient (Wildman–Crippen LogP) is 2.67. The van der Waals surface area contributed by atoms with E-state index in [9.17, 15) is 9.59 Å². The van der Waals surface area contributed by atoms with Gasteiger partial charge in [0.15, 0.2) is 0 Å². The lowest BCUT2D eigenvalue weighted by Crippen LogP contribution is -2.39. The Kier molecular flexibility index (Phi) is 5.88. The average Bonchev–Trinajstić information content (AvgIpc) is 2.57. The first-order valence-corrected chi connectivity index (χ1v) is 7.38. The van der Waals surface area contributed by atoms with Crippen LogP contribution in [0.2, 0.25) is 5.02 Å². The topological polar surface area (TPSA) is 70.6 Å². The molecule has 0 unspecified atom stereocenters. The molecule has 0 bridgehead atoms. The third kappa shape index (κ3) is 5.23. The second-order valence-corrected chi connectivity index (χ2v) is 5.29. The van der Waals surface area contributed by atoms with Gasteiger partial charge >= 0.3 is 11.8 Å². The molecular weight excluding hydrogens is 314 g/mol. The Morgan fingerprint density at radius 3 is 2.35 bits per heavy atom. The first kappa shape index (κ1) is 16.7. The van der Waals surface area contributed by atoms with Gasteiger partial charge in [0.1, 0.15) is 0 Å². The number of nitrogens with one attached hydrogen (secondary N) is 2. The Hall–Kier alpha value is -2.66. The molecule has 0 heterocycles. The summed E-state index contributed by atoms with van der Waals surface area (Å²) in [5, 5.41) is 6.97. The van der Waals surface area contributed by atoms with Crippen LogP contribution in [-0.4, -0.2) is 18.0 Å². The van der Waals surface area contributed by atoms with Gasteiger partial charge in [-0.25, -0.2) is 5.43 Å². The summed E-state index contributed by atoms with van der Waals surface area (Å²) in [5.74, 6) is -1.56. The zero-order valence-electron chi connectivity index (χ0n) is 12.5. The van der Waals surface area contributed by atoms with Crippen LogP contribution in [0, 0.1) is 0 Å². The first-order chi connectivity index (χ1) is 11.1. The van der Waals surface area contributed by atoms with Crippen molar-refractivity contribution in [2.45, 2.75) is 13.0 Å². The molecule has 0 spiro atoms. The molecule has 2 amide bonds. The number of amides is 2. The van der Waals surface area contributed by atoms with Crippen molar-refractivity contribution in [3.05, 3.63) is 70.7 Å². The predicted molar refractivity (Wildman–Crippen MR) is 90.2 cm³/mol. The molecule has 0 aliphatic carbocycles. The lowest BCUT2D eigenvalue weighted by molar-refractivity contribution is -0.139. The van der Waals surface area contributed by atoms with Crippen LogP contribution in [-0.2, 0) is 9.59 Å². The van der Waals surface area contributed by atoms with Crippen molar-refractivity contribution in [2.24, 2.45) is 5.10 Å². The molecule has 23 heavy (non-hydrogen) atoms. The van der Waals surface area contributed by atoms with E-state index in [1.54, 1.807) is 31.2 Å². The standard InChI is InChI=1S/C17H16ClN3O2/c1-12(14-5-3-2-4-6-14)20-16(22)17(23)21-19-11-13-7-9-15(18)10-8-13/h2-12H,1H3,(H,20,22)(H,21,23)/b19-11-/t12-/m1/s1. The molecule has 0 aliphatic rings. The molecule has 0 saturated carbocycles. The summed E-state index contributed by atoms with van der Waals surface area (Å²) in [4.78, 5) is 23.5. The molecule has 0 radical (unpaired) electrons. The van der Waals surface area contributed by atoms with Crippen LogP contribution in [0.15, 0.2) is 59.7 Å². The van der Waals surface area contributed by atoms with E-state index in [1.807, 2.05) is 30.3 Å². The zero-order valence-corrected chi connectivity index (χ0v) is 13.2. The van der Waals surface area contributed by atoms with E-state index in [0.717, 1.165) is 11.1 Å². The SMILES string of the molecule is C[C@@H](NC(=O)C(=O)N/N=C\c1ccc(Cl)cc1)c1ccccc1.